The van der Waals surface area contributed by atoms with Crippen molar-refractivity contribution >= 4 is 22.7 Å². The molecule has 1 aliphatic carbocycles. The molecule has 0 bridgehead atoms. The van der Waals surface area contributed by atoms with Gasteiger partial charge < -0.3 is 20.4 Å². The van der Waals surface area contributed by atoms with Gasteiger partial charge in [0.05, 0.1) is 11.1 Å². The van der Waals surface area contributed by atoms with Crippen molar-refractivity contribution in [3.05, 3.63) is 53.5 Å². The van der Waals surface area contributed by atoms with E-state index in [0.717, 1.165) is 53.4 Å². The molecule has 2 aliphatic rings. The summed E-state index contributed by atoms with van der Waals surface area (Å²) < 4.78 is 21.7. The van der Waals surface area contributed by atoms with Gasteiger partial charge in [-0.1, -0.05) is 44.4 Å². The molecule has 180 valence electrons. The maximum absolute atomic E-state index is 15.7. The number of benzene rings is 2. The van der Waals surface area contributed by atoms with Crippen LogP contribution in [0.1, 0.15) is 69.9 Å². The summed E-state index contributed by atoms with van der Waals surface area (Å²) in [6.45, 7) is 7.90. The number of amides is 1. The Labute approximate surface area is 200 Å². The standard InChI is InChI=1S/C28H34FN3O2/c1-16-21-15-22(20-12-8-9-18-13-14-30-25(18)20)23(29)17(2)24(21)32-28(3,4)26(16)34-27(33)31-19-10-6-5-7-11-19/h8-9,12-16,19,26,30,32H,5-7,10-11H2,1-4H3,(H,31,33). The minimum atomic E-state index is -0.547. The Morgan fingerprint density at radius 2 is 1.91 bits per heavy atom. The summed E-state index contributed by atoms with van der Waals surface area (Å²) in [6.07, 6.45) is 6.64. The normalized spacial score (nSPS) is 22.1. The number of fused-ring (bicyclic) bond motifs is 2. The first kappa shape index (κ1) is 22.8. The lowest BCUT2D eigenvalue weighted by Gasteiger charge is -2.45. The fraction of sp³-hybridized carbons (Fsp3) is 0.464. The van der Waals surface area contributed by atoms with Gasteiger partial charge in [-0.2, -0.15) is 0 Å². The molecule has 1 aromatic heterocycles. The van der Waals surface area contributed by atoms with Crippen molar-refractivity contribution in [2.75, 3.05) is 5.32 Å². The highest BCUT2D eigenvalue weighted by atomic mass is 19.1. The molecule has 2 unspecified atom stereocenters. The molecule has 2 heterocycles. The number of carbonyl (C=O) groups excluding carboxylic acids is 1. The Balaban J connectivity index is 1.49. The average molecular weight is 464 g/mol. The van der Waals surface area contributed by atoms with Gasteiger partial charge in [0, 0.05) is 40.5 Å². The molecule has 5 rings (SSSR count). The lowest BCUT2D eigenvalue weighted by molar-refractivity contribution is 0.0446. The third kappa shape index (κ3) is 3.93. The number of nitrogens with one attached hydrogen (secondary N) is 3. The summed E-state index contributed by atoms with van der Waals surface area (Å²) >= 11 is 0. The molecule has 2 atom stereocenters. The summed E-state index contributed by atoms with van der Waals surface area (Å²) in [4.78, 5) is 16.1. The molecule has 6 heteroatoms. The first-order valence-corrected chi connectivity index (χ1v) is 12.4. The van der Waals surface area contributed by atoms with Crippen molar-refractivity contribution in [2.24, 2.45) is 0 Å². The van der Waals surface area contributed by atoms with Gasteiger partial charge in [0.2, 0.25) is 0 Å². The van der Waals surface area contributed by atoms with Crippen LogP contribution in [-0.4, -0.2) is 28.8 Å². The summed E-state index contributed by atoms with van der Waals surface area (Å²) in [5, 5.41) is 7.60. The third-order valence-corrected chi connectivity index (χ3v) is 7.67. The summed E-state index contributed by atoms with van der Waals surface area (Å²) in [6, 6.07) is 10.0. The van der Waals surface area contributed by atoms with Crippen LogP contribution >= 0.6 is 0 Å². The van der Waals surface area contributed by atoms with E-state index in [9.17, 15) is 4.79 Å². The second-order valence-electron chi connectivity index (χ2n) is 10.5. The zero-order chi connectivity index (χ0) is 24.0. The number of hydrogen-bond donors (Lipinski definition) is 3. The molecule has 1 amide bonds. The van der Waals surface area contributed by atoms with Crippen LogP contribution in [-0.2, 0) is 4.74 Å². The van der Waals surface area contributed by atoms with Gasteiger partial charge in [0.15, 0.2) is 0 Å². The SMILES string of the molecule is Cc1c(F)c(-c2cccc3cc[nH]c23)cc2c1NC(C)(C)C(OC(=O)NC1CCCCC1)C2C. The summed E-state index contributed by atoms with van der Waals surface area (Å²) in [5.74, 6) is -0.338. The number of hydrogen-bond acceptors (Lipinski definition) is 3. The van der Waals surface area contributed by atoms with Crippen LogP contribution < -0.4 is 10.6 Å². The van der Waals surface area contributed by atoms with Crippen molar-refractivity contribution in [2.45, 2.75) is 83.4 Å². The summed E-state index contributed by atoms with van der Waals surface area (Å²) in [5.41, 5.74) is 4.10. The quantitative estimate of drug-likeness (QED) is 0.391. The maximum Gasteiger partial charge on any atom is 0.407 e. The highest BCUT2D eigenvalue weighted by Gasteiger charge is 2.44. The highest BCUT2D eigenvalue weighted by Crippen LogP contribution is 2.46. The first-order valence-electron chi connectivity index (χ1n) is 12.4. The number of halogens is 1. The van der Waals surface area contributed by atoms with Crippen LogP contribution in [0.25, 0.3) is 22.0 Å². The van der Waals surface area contributed by atoms with E-state index in [1.54, 1.807) is 0 Å². The molecule has 0 saturated heterocycles. The van der Waals surface area contributed by atoms with Gasteiger partial charge in [-0.05, 0) is 56.7 Å². The molecule has 1 fully saturated rings. The van der Waals surface area contributed by atoms with E-state index >= 15 is 4.39 Å². The van der Waals surface area contributed by atoms with Crippen molar-refractivity contribution in [3.8, 4) is 11.1 Å². The summed E-state index contributed by atoms with van der Waals surface area (Å²) in [7, 11) is 0. The topological polar surface area (TPSA) is 66.1 Å². The van der Waals surface area contributed by atoms with Gasteiger partial charge in [0.25, 0.3) is 0 Å². The number of H-pyrrole nitrogens is 1. The zero-order valence-electron chi connectivity index (χ0n) is 20.4. The molecule has 34 heavy (non-hydrogen) atoms. The molecule has 1 aliphatic heterocycles. The molecular weight excluding hydrogens is 429 g/mol. The number of ether oxygens (including phenoxy) is 1. The van der Waals surface area contributed by atoms with E-state index in [1.807, 2.05) is 57.3 Å². The average Bonchev–Trinajstić information content (AvgIpc) is 3.29. The van der Waals surface area contributed by atoms with E-state index in [-0.39, 0.29) is 23.9 Å². The van der Waals surface area contributed by atoms with E-state index in [1.165, 1.54) is 6.42 Å². The molecular formula is C28H34FN3O2. The fourth-order valence-electron chi connectivity index (χ4n) is 5.84. The Morgan fingerprint density at radius 1 is 1.15 bits per heavy atom. The number of anilines is 1. The van der Waals surface area contributed by atoms with E-state index in [4.69, 9.17) is 4.74 Å². The second kappa shape index (κ2) is 8.64. The lowest BCUT2D eigenvalue weighted by Crippen LogP contribution is -2.53. The number of alkyl carbamates (subject to hydrolysis) is 1. The van der Waals surface area contributed by atoms with E-state index in [0.29, 0.717) is 11.1 Å². The van der Waals surface area contributed by atoms with Crippen LogP contribution in [0, 0.1) is 12.7 Å². The van der Waals surface area contributed by atoms with Crippen molar-refractivity contribution in [1.82, 2.24) is 10.3 Å². The van der Waals surface area contributed by atoms with Crippen LogP contribution in [0.15, 0.2) is 36.5 Å². The number of aromatic nitrogens is 1. The van der Waals surface area contributed by atoms with Crippen LogP contribution in [0.5, 0.6) is 0 Å². The maximum atomic E-state index is 15.7. The number of rotatable bonds is 3. The second-order valence-corrected chi connectivity index (χ2v) is 10.5. The molecule has 3 aromatic rings. The predicted octanol–water partition coefficient (Wildman–Crippen LogP) is 7.02. The number of para-hydroxylation sites is 1. The molecule has 0 spiro atoms. The molecule has 3 N–H and O–H groups in total. The van der Waals surface area contributed by atoms with Crippen LogP contribution in [0.2, 0.25) is 0 Å². The minimum absolute atomic E-state index is 0.107. The Hall–Kier alpha value is -3.02. The molecule has 1 saturated carbocycles. The predicted molar refractivity (Wildman–Crippen MR) is 135 cm³/mol. The zero-order valence-corrected chi connectivity index (χ0v) is 20.4. The fourth-order valence-corrected chi connectivity index (χ4v) is 5.84. The van der Waals surface area contributed by atoms with Crippen LogP contribution in [0.3, 0.4) is 0 Å². The Morgan fingerprint density at radius 3 is 2.68 bits per heavy atom. The minimum Gasteiger partial charge on any atom is -0.443 e. The first-order chi connectivity index (χ1) is 16.3. The Bertz CT molecular complexity index is 1230. The Kier molecular flexibility index (Phi) is 5.78. The van der Waals surface area contributed by atoms with Gasteiger partial charge in [0.1, 0.15) is 11.9 Å². The van der Waals surface area contributed by atoms with Gasteiger partial charge in [-0.25, -0.2) is 9.18 Å². The van der Waals surface area contributed by atoms with Crippen molar-refractivity contribution in [1.29, 1.82) is 0 Å². The van der Waals surface area contributed by atoms with Gasteiger partial charge in [-0.3, -0.25) is 0 Å². The van der Waals surface area contributed by atoms with E-state index < -0.39 is 11.6 Å². The van der Waals surface area contributed by atoms with Gasteiger partial charge in [-0.15, -0.1) is 0 Å². The van der Waals surface area contributed by atoms with Crippen LogP contribution in [0.4, 0.5) is 14.9 Å². The largest absolute Gasteiger partial charge is 0.443 e. The number of aromatic amines is 1. The van der Waals surface area contributed by atoms with Crippen molar-refractivity contribution in [3.63, 3.8) is 0 Å². The van der Waals surface area contributed by atoms with E-state index in [2.05, 4.69) is 22.5 Å². The van der Waals surface area contributed by atoms with Crippen molar-refractivity contribution < 1.29 is 13.9 Å². The smallest absolute Gasteiger partial charge is 0.407 e. The van der Waals surface area contributed by atoms with Gasteiger partial charge >= 0.3 is 6.09 Å². The third-order valence-electron chi connectivity index (χ3n) is 7.67. The molecule has 5 nitrogen and oxygen atoms in total. The lowest BCUT2D eigenvalue weighted by atomic mass is 9.77. The molecule has 2 aromatic carbocycles. The molecule has 0 radical (unpaired) electrons. The number of carbonyl (C=O) groups is 1. The monoisotopic (exact) mass is 463 g/mol. The highest BCUT2D eigenvalue weighted by molar-refractivity contribution is 5.95.